The van der Waals surface area contributed by atoms with Gasteiger partial charge in [0.05, 0.1) is 23.2 Å². The lowest BCUT2D eigenvalue weighted by molar-refractivity contribution is -0.140. The van der Waals surface area contributed by atoms with E-state index >= 15 is 0 Å². The number of Topliss-reactive ketones (excluding diaryl/α,β-unsaturated/α-hetero) is 1. The Bertz CT molecular complexity index is 1300. The van der Waals surface area contributed by atoms with Gasteiger partial charge < -0.3 is 19.6 Å². The molecule has 1 amide bonds. The molecule has 0 aliphatic carbocycles. The van der Waals surface area contributed by atoms with E-state index < -0.39 is 17.7 Å². The number of pyridine rings is 1. The predicted octanol–water partition coefficient (Wildman–Crippen LogP) is 5.60. The Balaban J connectivity index is 1.84. The zero-order valence-corrected chi connectivity index (χ0v) is 21.9. The lowest BCUT2D eigenvalue weighted by Gasteiger charge is -2.26. The Morgan fingerprint density at radius 3 is 2.43 bits per heavy atom. The molecule has 1 aliphatic heterocycles. The maximum Gasteiger partial charge on any atom is 0.295 e. The number of aliphatic hydroxyl groups is 1. The standard InChI is InChI=1S/C29H30ClN3O4/c1-4-32(5-2)22-12-9-20(10-13-22)26-25(27(34)21-11-14-23(30)24(16-21)37-6-3)28(35)29(36)33(26)18-19-8-7-15-31-17-19/h7-17,26,34H,4-6,18H2,1-3H3/b27-25-. The van der Waals surface area contributed by atoms with Crippen molar-refractivity contribution in [3.8, 4) is 5.75 Å². The molecule has 0 saturated carbocycles. The topological polar surface area (TPSA) is 83.0 Å². The second-order valence-electron chi connectivity index (χ2n) is 8.63. The van der Waals surface area contributed by atoms with Gasteiger partial charge in [0, 0.05) is 43.3 Å². The smallest absolute Gasteiger partial charge is 0.295 e. The van der Waals surface area contributed by atoms with Gasteiger partial charge in [-0.15, -0.1) is 0 Å². The summed E-state index contributed by atoms with van der Waals surface area (Å²) in [5, 5.41) is 11.8. The number of rotatable bonds is 9. The molecule has 7 nitrogen and oxygen atoms in total. The maximum absolute atomic E-state index is 13.4. The van der Waals surface area contributed by atoms with Crippen molar-refractivity contribution in [3.63, 3.8) is 0 Å². The summed E-state index contributed by atoms with van der Waals surface area (Å²) in [7, 11) is 0. The van der Waals surface area contributed by atoms with E-state index in [4.69, 9.17) is 16.3 Å². The number of nitrogens with zero attached hydrogens (tertiary/aromatic N) is 3. The van der Waals surface area contributed by atoms with Crippen LogP contribution in [-0.4, -0.2) is 46.4 Å². The number of aromatic nitrogens is 1. The van der Waals surface area contributed by atoms with Crippen LogP contribution in [0.25, 0.3) is 5.76 Å². The fourth-order valence-electron chi connectivity index (χ4n) is 4.61. The van der Waals surface area contributed by atoms with Crippen molar-refractivity contribution in [1.82, 2.24) is 9.88 Å². The highest BCUT2D eigenvalue weighted by Gasteiger charge is 2.46. The van der Waals surface area contributed by atoms with Gasteiger partial charge in [-0.2, -0.15) is 0 Å². The third-order valence-electron chi connectivity index (χ3n) is 6.46. The summed E-state index contributed by atoms with van der Waals surface area (Å²) in [4.78, 5) is 34.5. The van der Waals surface area contributed by atoms with E-state index in [0.29, 0.717) is 22.9 Å². The van der Waals surface area contributed by atoms with Crippen LogP contribution in [0.15, 0.2) is 72.6 Å². The molecule has 1 unspecified atom stereocenters. The van der Waals surface area contributed by atoms with E-state index in [1.165, 1.54) is 4.90 Å². The minimum absolute atomic E-state index is 0.0225. The Labute approximate surface area is 222 Å². The fraction of sp³-hybridized carbons (Fsp3) is 0.276. The molecule has 2 aromatic carbocycles. The first kappa shape index (κ1) is 26.2. The van der Waals surface area contributed by atoms with Gasteiger partial charge in [-0.1, -0.05) is 29.8 Å². The third kappa shape index (κ3) is 5.32. The van der Waals surface area contributed by atoms with E-state index in [9.17, 15) is 14.7 Å². The van der Waals surface area contributed by atoms with Crippen LogP contribution in [0.3, 0.4) is 0 Å². The molecular weight excluding hydrogens is 490 g/mol. The summed E-state index contributed by atoms with van der Waals surface area (Å²) in [5.41, 5.74) is 2.90. The Hall–Kier alpha value is -3.84. The van der Waals surface area contributed by atoms with Crippen molar-refractivity contribution >= 4 is 34.7 Å². The average Bonchev–Trinajstić information content (AvgIpc) is 3.16. The summed E-state index contributed by atoms with van der Waals surface area (Å²) < 4.78 is 5.57. The lowest BCUT2D eigenvalue weighted by Crippen LogP contribution is -2.29. The van der Waals surface area contributed by atoms with Crippen LogP contribution in [0.5, 0.6) is 5.75 Å². The first-order chi connectivity index (χ1) is 17.9. The van der Waals surface area contributed by atoms with Gasteiger partial charge in [0.2, 0.25) is 0 Å². The van der Waals surface area contributed by atoms with Crippen LogP contribution in [0, 0.1) is 0 Å². The molecule has 0 bridgehead atoms. The molecule has 1 saturated heterocycles. The molecule has 0 spiro atoms. The van der Waals surface area contributed by atoms with Crippen LogP contribution in [0.1, 0.15) is 43.5 Å². The number of halogens is 1. The Morgan fingerprint density at radius 1 is 1.08 bits per heavy atom. The molecule has 4 rings (SSSR count). The summed E-state index contributed by atoms with van der Waals surface area (Å²) in [5.74, 6) is -1.31. The highest BCUT2D eigenvalue weighted by atomic mass is 35.5. The number of aliphatic hydroxyl groups excluding tert-OH is 1. The van der Waals surface area contributed by atoms with Crippen molar-refractivity contribution in [2.75, 3.05) is 24.6 Å². The van der Waals surface area contributed by atoms with Crippen molar-refractivity contribution in [3.05, 3.63) is 94.3 Å². The summed E-state index contributed by atoms with van der Waals surface area (Å²) in [6.07, 6.45) is 3.31. The highest BCUT2D eigenvalue weighted by Crippen LogP contribution is 2.41. The third-order valence-corrected chi connectivity index (χ3v) is 6.77. The number of ketones is 1. The molecule has 1 N–H and O–H groups in total. The number of carbonyl (C=O) groups is 2. The molecule has 37 heavy (non-hydrogen) atoms. The minimum atomic E-state index is -0.780. The average molecular weight is 520 g/mol. The van der Waals surface area contributed by atoms with Crippen molar-refractivity contribution in [2.45, 2.75) is 33.4 Å². The zero-order chi connectivity index (χ0) is 26.5. The van der Waals surface area contributed by atoms with E-state index in [2.05, 4.69) is 23.7 Å². The first-order valence-corrected chi connectivity index (χ1v) is 12.7. The van der Waals surface area contributed by atoms with Crippen LogP contribution in [-0.2, 0) is 16.1 Å². The normalized spacial score (nSPS) is 16.8. The van der Waals surface area contributed by atoms with Gasteiger partial charge in [0.1, 0.15) is 11.5 Å². The fourth-order valence-corrected chi connectivity index (χ4v) is 4.78. The van der Waals surface area contributed by atoms with Gasteiger partial charge in [0.25, 0.3) is 11.7 Å². The number of carbonyl (C=O) groups excluding carboxylic acids is 2. The number of amides is 1. The number of likely N-dealkylation sites (tertiary alicyclic amines) is 1. The Morgan fingerprint density at radius 2 is 1.81 bits per heavy atom. The van der Waals surface area contributed by atoms with Gasteiger partial charge >= 0.3 is 0 Å². The number of hydrogen-bond acceptors (Lipinski definition) is 6. The van der Waals surface area contributed by atoms with E-state index in [0.717, 1.165) is 29.9 Å². The van der Waals surface area contributed by atoms with Gasteiger partial charge in [-0.25, -0.2) is 0 Å². The van der Waals surface area contributed by atoms with Crippen LogP contribution < -0.4 is 9.64 Å². The van der Waals surface area contributed by atoms with Crippen molar-refractivity contribution < 1.29 is 19.4 Å². The SMILES string of the molecule is CCOc1cc(/C(O)=C2/C(=O)C(=O)N(Cc3cccnc3)C2c2ccc(N(CC)CC)cc2)ccc1Cl. The predicted molar refractivity (Wildman–Crippen MR) is 145 cm³/mol. The molecule has 1 fully saturated rings. The van der Waals surface area contributed by atoms with Gasteiger partial charge in [-0.3, -0.25) is 14.6 Å². The van der Waals surface area contributed by atoms with Crippen LogP contribution >= 0.6 is 11.6 Å². The molecule has 1 aliphatic rings. The second-order valence-corrected chi connectivity index (χ2v) is 9.04. The molecule has 2 heterocycles. The zero-order valence-electron chi connectivity index (χ0n) is 21.1. The van der Waals surface area contributed by atoms with Crippen molar-refractivity contribution in [2.24, 2.45) is 0 Å². The summed E-state index contributed by atoms with van der Waals surface area (Å²) >= 11 is 6.23. The quantitative estimate of drug-likeness (QED) is 0.225. The monoisotopic (exact) mass is 519 g/mol. The molecular formula is C29H30ClN3O4. The van der Waals surface area contributed by atoms with E-state index in [-0.39, 0.29) is 17.9 Å². The molecule has 192 valence electrons. The molecule has 0 radical (unpaired) electrons. The van der Waals surface area contributed by atoms with E-state index in [1.54, 1.807) is 36.7 Å². The van der Waals surface area contributed by atoms with Crippen molar-refractivity contribution in [1.29, 1.82) is 0 Å². The van der Waals surface area contributed by atoms with Crippen LogP contribution in [0.2, 0.25) is 5.02 Å². The van der Waals surface area contributed by atoms with Gasteiger partial charge in [0.15, 0.2) is 0 Å². The number of anilines is 1. The molecule has 3 aromatic rings. The minimum Gasteiger partial charge on any atom is -0.507 e. The molecule has 1 atom stereocenters. The number of hydrogen-bond donors (Lipinski definition) is 1. The maximum atomic E-state index is 13.4. The number of benzene rings is 2. The Kier molecular flexibility index (Phi) is 8.14. The van der Waals surface area contributed by atoms with Crippen LogP contribution in [0.4, 0.5) is 5.69 Å². The molecule has 8 heteroatoms. The molecule has 1 aromatic heterocycles. The van der Waals surface area contributed by atoms with E-state index in [1.807, 2.05) is 37.3 Å². The largest absolute Gasteiger partial charge is 0.507 e. The summed E-state index contributed by atoms with van der Waals surface area (Å²) in [6.45, 7) is 8.27. The highest BCUT2D eigenvalue weighted by molar-refractivity contribution is 6.46. The second kappa shape index (κ2) is 11.5. The first-order valence-electron chi connectivity index (χ1n) is 12.3. The lowest BCUT2D eigenvalue weighted by atomic mass is 9.95. The summed E-state index contributed by atoms with van der Waals surface area (Å²) in [6, 6.07) is 15.4. The number of ether oxygens (including phenoxy) is 1. The van der Waals surface area contributed by atoms with Gasteiger partial charge in [-0.05, 0) is 68.3 Å².